The predicted octanol–water partition coefficient (Wildman–Crippen LogP) is 4.55. The van der Waals surface area contributed by atoms with Gasteiger partial charge in [0.05, 0.1) is 54.4 Å². The standard InChI is InChI=1S/C34H74N2.2BrH/c1-7-9-11-13-15-17-19-21-23-27-31-35(3,4)33-29-25-26-30-34-36(5,6)32-28-24-22-20-18-16-14-12-10-8-2;;/h7-34H2,1-6H3;2*1H/q+2;;/p-2. The normalized spacial score (nSPS) is 11.8. The van der Waals surface area contributed by atoms with Crippen molar-refractivity contribution in [2.45, 2.75) is 168 Å². The smallest absolute Gasteiger partial charge is 0.0782 e. The van der Waals surface area contributed by atoms with Gasteiger partial charge in [0.1, 0.15) is 0 Å². The lowest BCUT2D eigenvalue weighted by atomic mass is 10.1. The molecular weight excluding hydrogens is 596 g/mol. The SMILES string of the molecule is CCCCCCCCCCCC[N+](C)(C)CCCCCC[N+](C)(C)CCCCCCCCCCCC.[Br-].[Br-]. The van der Waals surface area contributed by atoms with E-state index in [1.54, 1.807) is 0 Å². The van der Waals surface area contributed by atoms with E-state index in [1.165, 1.54) is 189 Å². The molecule has 0 aliphatic carbocycles. The Hall–Kier alpha value is 0.880. The Morgan fingerprint density at radius 2 is 0.421 bits per heavy atom. The molecular formula is C34H74Br2N2. The Bertz CT molecular complexity index is 400. The summed E-state index contributed by atoms with van der Waals surface area (Å²) in [6, 6.07) is 0. The van der Waals surface area contributed by atoms with Crippen LogP contribution in [0.3, 0.4) is 0 Å². The van der Waals surface area contributed by atoms with Crippen LogP contribution < -0.4 is 34.0 Å². The van der Waals surface area contributed by atoms with Gasteiger partial charge in [0.2, 0.25) is 0 Å². The van der Waals surface area contributed by atoms with Gasteiger partial charge in [-0.3, -0.25) is 0 Å². The molecule has 38 heavy (non-hydrogen) atoms. The maximum Gasteiger partial charge on any atom is 0.0782 e. The quantitative estimate of drug-likeness (QED) is 0.0810. The number of nitrogens with zero attached hydrogens (tertiary/aromatic N) is 2. The molecule has 0 spiro atoms. The summed E-state index contributed by atoms with van der Waals surface area (Å²) in [7, 11) is 9.83. The highest BCUT2D eigenvalue weighted by Crippen LogP contribution is 2.15. The Balaban J connectivity index is -0.00000612. The second-order valence-electron chi connectivity index (χ2n) is 13.5. The van der Waals surface area contributed by atoms with Gasteiger partial charge in [-0.2, -0.15) is 0 Å². The molecule has 234 valence electrons. The number of quaternary nitrogens is 2. The third kappa shape index (κ3) is 33.1. The van der Waals surface area contributed by atoms with Crippen molar-refractivity contribution in [3.63, 3.8) is 0 Å². The fraction of sp³-hybridized carbons (Fsp3) is 1.00. The largest absolute Gasteiger partial charge is 1.00 e. The zero-order chi connectivity index (χ0) is 26.8. The van der Waals surface area contributed by atoms with Gasteiger partial charge in [-0.05, 0) is 51.4 Å². The first kappa shape index (κ1) is 43.3. The number of hydrogen-bond donors (Lipinski definition) is 0. The maximum absolute atomic E-state index is 2.46. The summed E-state index contributed by atoms with van der Waals surface area (Å²) < 4.78 is 2.47. The molecule has 0 saturated heterocycles. The van der Waals surface area contributed by atoms with E-state index in [9.17, 15) is 0 Å². The molecule has 0 aromatic carbocycles. The average Bonchev–Trinajstić information content (AvgIpc) is 2.83. The first-order valence-corrected chi connectivity index (χ1v) is 17.0. The van der Waals surface area contributed by atoms with Gasteiger partial charge in [-0.1, -0.05) is 117 Å². The Labute approximate surface area is 264 Å². The Morgan fingerprint density at radius 1 is 0.263 bits per heavy atom. The van der Waals surface area contributed by atoms with Gasteiger partial charge in [0.25, 0.3) is 0 Å². The third-order valence-corrected chi connectivity index (χ3v) is 8.51. The van der Waals surface area contributed by atoms with Crippen LogP contribution in [0.15, 0.2) is 0 Å². The molecule has 4 heteroatoms. The molecule has 2 nitrogen and oxygen atoms in total. The lowest BCUT2D eigenvalue weighted by molar-refractivity contribution is -0.891. The van der Waals surface area contributed by atoms with Crippen LogP contribution in [0.2, 0.25) is 0 Å². The van der Waals surface area contributed by atoms with Crippen molar-refractivity contribution in [1.82, 2.24) is 0 Å². The summed E-state index contributed by atoms with van der Waals surface area (Å²) in [6.45, 7) is 10.1. The van der Waals surface area contributed by atoms with Crippen LogP contribution in [0.1, 0.15) is 168 Å². The number of hydrogen-bond acceptors (Lipinski definition) is 0. The van der Waals surface area contributed by atoms with Crippen molar-refractivity contribution in [3.8, 4) is 0 Å². The highest BCUT2D eigenvalue weighted by Gasteiger charge is 2.15. The molecule has 0 atom stereocenters. The highest BCUT2D eigenvalue weighted by atomic mass is 79.9. The fourth-order valence-electron chi connectivity index (χ4n) is 5.71. The van der Waals surface area contributed by atoms with Gasteiger partial charge in [0, 0.05) is 0 Å². The zero-order valence-corrected chi connectivity index (χ0v) is 30.6. The van der Waals surface area contributed by atoms with Crippen LogP contribution in [0.4, 0.5) is 0 Å². The van der Waals surface area contributed by atoms with Crippen LogP contribution >= 0.6 is 0 Å². The minimum absolute atomic E-state index is 0. The molecule has 0 heterocycles. The fourth-order valence-corrected chi connectivity index (χ4v) is 5.71. The van der Waals surface area contributed by atoms with Crippen molar-refractivity contribution in [3.05, 3.63) is 0 Å². The number of halogens is 2. The van der Waals surface area contributed by atoms with Gasteiger partial charge < -0.3 is 42.9 Å². The van der Waals surface area contributed by atoms with E-state index in [1.807, 2.05) is 0 Å². The second-order valence-corrected chi connectivity index (χ2v) is 13.5. The van der Waals surface area contributed by atoms with Gasteiger partial charge in [-0.25, -0.2) is 0 Å². The number of unbranched alkanes of at least 4 members (excludes halogenated alkanes) is 21. The van der Waals surface area contributed by atoms with E-state index in [4.69, 9.17) is 0 Å². The molecule has 0 N–H and O–H groups in total. The van der Waals surface area contributed by atoms with Crippen LogP contribution in [-0.2, 0) is 0 Å². The van der Waals surface area contributed by atoms with Gasteiger partial charge in [-0.15, -0.1) is 0 Å². The molecule has 0 fully saturated rings. The average molecular weight is 671 g/mol. The van der Waals surface area contributed by atoms with E-state index >= 15 is 0 Å². The number of rotatable bonds is 29. The molecule has 0 bridgehead atoms. The first-order chi connectivity index (χ1) is 17.3. The van der Waals surface area contributed by atoms with Crippen molar-refractivity contribution in [1.29, 1.82) is 0 Å². The summed E-state index contributed by atoms with van der Waals surface area (Å²) in [5.41, 5.74) is 0. The van der Waals surface area contributed by atoms with Crippen molar-refractivity contribution < 1.29 is 42.9 Å². The summed E-state index contributed by atoms with van der Waals surface area (Å²) in [5.74, 6) is 0. The molecule has 0 rings (SSSR count). The lowest BCUT2D eigenvalue weighted by Crippen LogP contribution is -3.00. The van der Waals surface area contributed by atoms with Crippen LogP contribution in [0, 0.1) is 0 Å². The van der Waals surface area contributed by atoms with Gasteiger partial charge >= 0.3 is 0 Å². The molecule has 0 unspecified atom stereocenters. The molecule has 0 aromatic heterocycles. The molecule has 0 aliphatic rings. The van der Waals surface area contributed by atoms with Gasteiger partial charge in [0.15, 0.2) is 0 Å². The monoisotopic (exact) mass is 668 g/mol. The molecule has 0 radical (unpaired) electrons. The molecule has 0 aliphatic heterocycles. The van der Waals surface area contributed by atoms with E-state index in [0.29, 0.717) is 0 Å². The van der Waals surface area contributed by atoms with E-state index in [0.717, 1.165) is 0 Å². The highest BCUT2D eigenvalue weighted by molar-refractivity contribution is 4.50. The molecule has 0 amide bonds. The van der Waals surface area contributed by atoms with Crippen LogP contribution in [0.5, 0.6) is 0 Å². The van der Waals surface area contributed by atoms with Crippen LogP contribution in [0.25, 0.3) is 0 Å². The predicted molar refractivity (Wildman–Crippen MR) is 166 cm³/mol. The molecule has 0 aromatic rings. The Morgan fingerprint density at radius 3 is 0.605 bits per heavy atom. The second kappa shape index (κ2) is 30.8. The minimum atomic E-state index is 0. The van der Waals surface area contributed by atoms with E-state index in [2.05, 4.69) is 42.0 Å². The zero-order valence-electron chi connectivity index (χ0n) is 27.4. The lowest BCUT2D eigenvalue weighted by Gasteiger charge is -2.31. The summed E-state index contributed by atoms with van der Waals surface area (Å²) in [6.07, 6.45) is 34.6. The minimum Gasteiger partial charge on any atom is -1.00 e. The van der Waals surface area contributed by atoms with E-state index in [-0.39, 0.29) is 34.0 Å². The van der Waals surface area contributed by atoms with Crippen molar-refractivity contribution >= 4 is 0 Å². The summed E-state index contributed by atoms with van der Waals surface area (Å²) >= 11 is 0. The van der Waals surface area contributed by atoms with Crippen molar-refractivity contribution in [2.24, 2.45) is 0 Å². The maximum atomic E-state index is 2.46. The third-order valence-electron chi connectivity index (χ3n) is 8.51. The van der Waals surface area contributed by atoms with E-state index < -0.39 is 0 Å². The molecule has 0 saturated carbocycles. The Kier molecular flexibility index (Phi) is 35.2. The summed E-state index contributed by atoms with van der Waals surface area (Å²) in [4.78, 5) is 0. The van der Waals surface area contributed by atoms with Crippen molar-refractivity contribution in [2.75, 3.05) is 54.4 Å². The summed E-state index contributed by atoms with van der Waals surface area (Å²) in [5, 5.41) is 0. The first-order valence-electron chi connectivity index (χ1n) is 17.0. The van der Waals surface area contributed by atoms with Crippen LogP contribution in [-0.4, -0.2) is 63.3 Å². The topological polar surface area (TPSA) is 0 Å².